The zero-order valence-corrected chi connectivity index (χ0v) is 9.01. The summed E-state index contributed by atoms with van der Waals surface area (Å²) >= 11 is 0.918. The van der Waals surface area contributed by atoms with Gasteiger partial charge in [-0.15, -0.1) is 0 Å². The molecule has 1 N–H and O–H groups in total. The van der Waals surface area contributed by atoms with Crippen LogP contribution < -0.4 is 4.87 Å². The molecule has 1 aliphatic rings. The summed E-state index contributed by atoms with van der Waals surface area (Å²) in [6.07, 6.45) is 0.426. The molecule has 2 rings (SSSR count). The molecule has 1 atom stereocenters. The Morgan fingerprint density at radius 2 is 2.38 bits per heavy atom. The number of carbonyl (C=O) groups excluding carboxylic acids is 1. The molecular weight excluding hydrogens is 234 g/mol. The lowest BCUT2D eigenvalue weighted by Crippen LogP contribution is -2.34. The van der Waals surface area contributed by atoms with E-state index in [1.54, 1.807) is 0 Å². The smallest absolute Gasteiger partial charge is 0.325 e. The first kappa shape index (κ1) is 10.8. The molecule has 1 aliphatic heterocycles. The Balaban J connectivity index is 2.17. The number of aromatic nitrogens is 2. The van der Waals surface area contributed by atoms with Crippen molar-refractivity contribution >= 4 is 23.2 Å². The van der Waals surface area contributed by atoms with Crippen molar-refractivity contribution in [1.29, 1.82) is 0 Å². The largest absolute Gasteiger partial charge is 0.480 e. The predicted octanol–water partition coefficient (Wildman–Crippen LogP) is -0.837. The normalized spacial score (nSPS) is 20.4. The van der Waals surface area contributed by atoms with E-state index in [0.717, 1.165) is 16.0 Å². The van der Waals surface area contributed by atoms with Crippen LogP contribution in [0.2, 0.25) is 0 Å². The molecule has 0 spiro atoms. The summed E-state index contributed by atoms with van der Waals surface area (Å²) < 4.78 is 1.12. The first-order valence-electron chi connectivity index (χ1n) is 4.62. The van der Waals surface area contributed by atoms with Gasteiger partial charge in [-0.1, -0.05) is 11.3 Å². The van der Waals surface area contributed by atoms with Gasteiger partial charge >= 0.3 is 10.8 Å². The summed E-state index contributed by atoms with van der Waals surface area (Å²) in [4.78, 5) is 34.5. The van der Waals surface area contributed by atoms with Gasteiger partial charge in [-0.25, -0.2) is 4.68 Å². The molecule has 0 saturated carbocycles. The van der Waals surface area contributed by atoms with Crippen LogP contribution in [-0.4, -0.2) is 44.8 Å². The number of rotatable bonds is 3. The molecule has 2 heterocycles. The number of aliphatic carboxylic acids is 1. The average molecular weight is 243 g/mol. The number of carbonyl (C=O) groups is 2. The van der Waals surface area contributed by atoms with Crippen LogP contribution in [0.5, 0.6) is 0 Å². The van der Waals surface area contributed by atoms with Crippen LogP contribution in [0.15, 0.2) is 10.3 Å². The number of likely N-dealkylation sites (tertiary alicyclic amines) is 1. The van der Waals surface area contributed by atoms with Crippen LogP contribution in [0.4, 0.5) is 0 Å². The minimum absolute atomic E-state index is 0.296. The van der Waals surface area contributed by atoms with Crippen molar-refractivity contribution in [3.63, 3.8) is 0 Å². The molecule has 1 saturated heterocycles. The van der Waals surface area contributed by atoms with E-state index in [4.69, 9.17) is 5.11 Å². The second-order valence-electron chi connectivity index (χ2n) is 3.41. The van der Waals surface area contributed by atoms with E-state index in [9.17, 15) is 14.4 Å². The highest BCUT2D eigenvalue weighted by Gasteiger charge is 2.35. The second kappa shape index (κ2) is 4.05. The number of carboxylic acid groups (broad SMARTS) is 1. The standard InChI is InChI=1S/C8H9N3O4S/c12-6(13)3-10-2-1-5(7(10)14)11-8(15)16-4-9-11/h4-5H,1-3H2,(H,12,13). The minimum atomic E-state index is -1.06. The quantitative estimate of drug-likeness (QED) is 0.747. The van der Waals surface area contributed by atoms with Crippen molar-refractivity contribution in [2.75, 3.05) is 13.1 Å². The van der Waals surface area contributed by atoms with Crippen molar-refractivity contribution in [1.82, 2.24) is 14.7 Å². The molecule has 86 valence electrons. The molecule has 0 aromatic carbocycles. The molecule has 0 bridgehead atoms. The molecule has 0 aliphatic carbocycles. The molecule has 7 nitrogen and oxygen atoms in total. The monoisotopic (exact) mass is 243 g/mol. The van der Waals surface area contributed by atoms with Gasteiger partial charge in [0.05, 0.1) is 0 Å². The van der Waals surface area contributed by atoms with Crippen molar-refractivity contribution in [3.05, 3.63) is 15.2 Å². The highest BCUT2D eigenvalue weighted by molar-refractivity contribution is 7.06. The Hall–Kier alpha value is -1.70. The SMILES string of the molecule is O=C(O)CN1CCC(n2ncsc2=O)C1=O. The lowest BCUT2D eigenvalue weighted by molar-refractivity contribution is -0.143. The van der Waals surface area contributed by atoms with E-state index in [1.165, 1.54) is 10.4 Å². The lowest BCUT2D eigenvalue weighted by atomic mass is 10.3. The lowest BCUT2D eigenvalue weighted by Gasteiger charge is -2.13. The fourth-order valence-electron chi connectivity index (χ4n) is 1.70. The number of carboxylic acids is 1. The van der Waals surface area contributed by atoms with Crippen LogP contribution in [0, 0.1) is 0 Å². The number of hydrogen-bond donors (Lipinski definition) is 1. The summed E-state index contributed by atoms with van der Waals surface area (Å²) in [5, 5.41) is 12.4. The average Bonchev–Trinajstić information content (AvgIpc) is 2.75. The van der Waals surface area contributed by atoms with Crippen molar-refractivity contribution < 1.29 is 14.7 Å². The third-order valence-corrected chi connectivity index (χ3v) is 2.99. The second-order valence-corrected chi connectivity index (χ2v) is 4.20. The van der Waals surface area contributed by atoms with Gasteiger partial charge in [-0.2, -0.15) is 5.10 Å². The summed E-state index contributed by atoms with van der Waals surface area (Å²) in [6, 6.07) is -0.641. The van der Waals surface area contributed by atoms with Gasteiger partial charge in [0, 0.05) is 6.54 Å². The maximum absolute atomic E-state index is 11.8. The third-order valence-electron chi connectivity index (χ3n) is 2.40. The zero-order valence-electron chi connectivity index (χ0n) is 8.20. The highest BCUT2D eigenvalue weighted by atomic mass is 32.1. The van der Waals surface area contributed by atoms with E-state index in [0.29, 0.717) is 13.0 Å². The summed E-state index contributed by atoms with van der Waals surface area (Å²) in [7, 11) is 0. The highest BCUT2D eigenvalue weighted by Crippen LogP contribution is 2.20. The minimum Gasteiger partial charge on any atom is -0.480 e. The number of nitrogens with zero attached hydrogens (tertiary/aromatic N) is 3. The Kier molecular flexibility index (Phi) is 2.73. The van der Waals surface area contributed by atoms with Gasteiger partial charge < -0.3 is 10.0 Å². The molecule has 1 amide bonds. The first-order valence-corrected chi connectivity index (χ1v) is 5.50. The van der Waals surface area contributed by atoms with Crippen LogP contribution >= 0.6 is 11.3 Å². The topological polar surface area (TPSA) is 92.5 Å². The summed E-state index contributed by atoms with van der Waals surface area (Å²) in [6.45, 7) is 0.0218. The molecular formula is C8H9N3O4S. The Morgan fingerprint density at radius 1 is 1.62 bits per heavy atom. The van der Waals surface area contributed by atoms with Crippen LogP contribution in [-0.2, 0) is 9.59 Å². The maximum atomic E-state index is 11.8. The van der Waals surface area contributed by atoms with Crippen molar-refractivity contribution in [2.45, 2.75) is 12.5 Å². The van der Waals surface area contributed by atoms with E-state index >= 15 is 0 Å². The first-order chi connectivity index (χ1) is 7.59. The third kappa shape index (κ3) is 1.83. The van der Waals surface area contributed by atoms with Gasteiger partial charge in [-0.3, -0.25) is 14.4 Å². The van der Waals surface area contributed by atoms with E-state index in [-0.39, 0.29) is 17.3 Å². The fraction of sp³-hybridized carbons (Fsp3) is 0.500. The molecule has 0 radical (unpaired) electrons. The molecule has 16 heavy (non-hydrogen) atoms. The molecule has 1 aromatic rings. The van der Waals surface area contributed by atoms with Gasteiger partial charge in [0.1, 0.15) is 18.1 Å². The number of amides is 1. The molecule has 8 heteroatoms. The van der Waals surface area contributed by atoms with Crippen LogP contribution in [0.3, 0.4) is 0 Å². The van der Waals surface area contributed by atoms with E-state index < -0.39 is 12.0 Å². The van der Waals surface area contributed by atoms with Crippen LogP contribution in [0.1, 0.15) is 12.5 Å². The van der Waals surface area contributed by atoms with Gasteiger partial charge in [0.15, 0.2) is 0 Å². The zero-order chi connectivity index (χ0) is 11.7. The summed E-state index contributed by atoms with van der Waals surface area (Å²) in [5.41, 5.74) is 1.37. The van der Waals surface area contributed by atoms with Gasteiger partial charge in [0.25, 0.3) is 0 Å². The van der Waals surface area contributed by atoms with Gasteiger partial charge in [-0.05, 0) is 6.42 Å². The van der Waals surface area contributed by atoms with E-state index in [2.05, 4.69) is 5.10 Å². The molecule has 1 unspecified atom stereocenters. The predicted molar refractivity (Wildman–Crippen MR) is 54.2 cm³/mol. The van der Waals surface area contributed by atoms with E-state index in [1.807, 2.05) is 0 Å². The Labute approximate surface area is 93.9 Å². The Morgan fingerprint density at radius 3 is 2.94 bits per heavy atom. The molecule has 1 fully saturated rings. The number of hydrogen-bond acceptors (Lipinski definition) is 5. The summed E-state index contributed by atoms with van der Waals surface area (Å²) in [5.74, 6) is -1.41. The maximum Gasteiger partial charge on any atom is 0.325 e. The van der Waals surface area contributed by atoms with Crippen molar-refractivity contribution in [3.8, 4) is 0 Å². The molecule has 1 aromatic heterocycles. The Bertz CT molecular complexity index is 480. The van der Waals surface area contributed by atoms with Crippen molar-refractivity contribution in [2.24, 2.45) is 0 Å². The fourth-order valence-corrected chi connectivity index (χ4v) is 2.22. The van der Waals surface area contributed by atoms with Gasteiger partial charge in [0.2, 0.25) is 5.91 Å². The van der Waals surface area contributed by atoms with Crippen LogP contribution in [0.25, 0.3) is 0 Å².